The summed E-state index contributed by atoms with van der Waals surface area (Å²) in [7, 11) is 0. The van der Waals surface area contributed by atoms with E-state index in [1.165, 1.54) is 37.7 Å². The minimum Gasteiger partial charge on any atom is -0.330 e. The fraction of sp³-hybridized carbons (Fsp3) is 0.571. The molecule has 1 aliphatic rings. The lowest BCUT2D eigenvalue weighted by atomic mass is 9.69. The normalized spacial score (nSPS) is 19.6. The predicted octanol–water partition coefficient (Wildman–Crippen LogP) is 3.32. The molecule has 0 amide bonds. The molecule has 0 unspecified atom stereocenters. The van der Waals surface area contributed by atoms with Gasteiger partial charge in [-0.25, -0.2) is 4.39 Å². The molecule has 1 aromatic rings. The van der Waals surface area contributed by atoms with E-state index in [0.29, 0.717) is 6.54 Å². The van der Waals surface area contributed by atoms with Crippen LogP contribution in [0.1, 0.15) is 43.2 Å². The van der Waals surface area contributed by atoms with Crippen LogP contribution in [0.2, 0.25) is 0 Å². The van der Waals surface area contributed by atoms with Crippen molar-refractivity contribution < 1.29 is 4.39 Å². The van der Waals surface area contributed by atoms with Crippen LogP contribution in [0.3, 0.4) is 0 Å². The summed E-state index contributed by atoms with van der Waals surface area (Å²) >= 11 is 0. The van der Waals surface area contributed by atoms with E-state index in [1.54, 1.807) is 0 Å². The Kier molecular flexibility index (Phi) is 3.59. The Balaban J connectivity index is 2.24. The van der Waals surface area contributed by atoms with Gasteiger partial charge in [0.1, 0.15) is 6.67 Å². The molecule has 16 heavy (non-hydrogen) atoms. The quantitative estimate of drug-likeness (QED) is 0.832. The van der Waals surface area contributed by atoms with Crippen LogP contribution in [0.25, 0.3) is 0 Å². The van der Waals surface area contributed by atoms with Crippen LogP contribution in [0.5, 0.6) is 0 Å². The molecule has 0 bridgehead atoms. The van der Waals surface area contributed by atoms with Crippen molar-refractivity contribution in [1.29, 1.82) is 0 Å². The second kappa shape index (κ2) is 4.96. The van der Waals surface area contributed by atoms with Gasteiger partial charge in [-0.05, 0) is 24.0 Å². The third kappa shape index (κ3) is 2.12. The number of alkyl halides is 1. The fourth-order valence-electron chi connectivity index (χ4n) is 2.79. The van der Waals surface area contributed by atoms with Crippen molar-refractivity contribution in [2.45, 2.75) is 44.2 Å². The lowest BCUT2D eigenvalue weighted by Gasteiger charge is -2.36. The van der Waals surface area contributed by atoms with Crippen LogP contribution in [0.15, 0.2) is 24.3 Å². The first kappa shape index (κ1) is 11.6. The highest BCUT2D eigenvalue weighted by Gasteiger charge is 2.32. The first-order valence-corrected chi connectivity index (χ1v) is 6.16. The van der Waals surface area contributed by atoms with Gasteiger partial charge >= 0.3 is 0 Å². The summed E-state index contributed by atoms with van der Waals surface area (Å²) in [5.41, 5.74) is 8.18. The summed E-state index contributed by atoms with van der Waals surface area (Å²) in [5, 5.41) is 0. The molecular formula is C14H20FN. The SMILES string of the molecule is NCC1(c2ccc(CF)cc2)CCCCC1. The van der Waals surface area contributed by atoms with Gasteiger partial charge in [0.05, 0.1) is 0 Å². The summed E-state index contributed by atoms with van der Waals surface area (Å²) in [5.74, 6) is 0. The molecular weight excluding hydrogens is 201 g/mol. The molecule has 2 rings (SSSR count). The highest BCUT2D eigenvalue weighted by atomic mass is 19.1. The molecule has 0 aromatic heterocycles. The maximum atomic E-state index is 12.5. The molecule has 0 atom stereocenters. The molecule has 0 heterocycles. The highest BCUT2D eigenvalue weighted by molar-refractivity contribution is 5.30. The lowest BCUT2D eigenvalue weighted by molar-refractivity contribution is 0.300. The Morgan fingerprint density at radius 3 is 2.19 bits per heavy atom. The molecule has 88 valence electrons. The predicted molar refractivity (Wildman–Crippen MR) is 65.1 cm³/mol. The minimum atomic E-state index is -0.379. The molecule has 1 nitrogen and oxygen atoms in total. The summed E-state index contributed by atoms with van der Waals surface area (Å²) in [6.07, 6.45) is 6.21. The van der Waals surface area contributed by atoms with Gasteiger partial charge in [0.15, 0.2) is 0 Å². The van der Waals surface area contributed by atoms with E-state index >= 15 is 0 Å². The first-order chi connectivity index (χ1) is 7.80. The number of nitrogens with two attached hydrogens (primary N) is 1. The highest BCUT2D eigenvalue weighted by Crippen LogP contribution is 2.38. The van der Waals surface area contributed by atoms with Crippen molar-refractivity contribution in [1.82, 2.24) is 0 Å². The van der Waals surface area contributed by atoms with Gasteiger partial charge in [-0.1, -0.05) is 43.5 Å². The molecule has 2 heteroatoms. The van der Waals surface area contributed by atoms with E-state index in [9.17, 15) is 4.39 Å². The van der Waals surface area contributed by atoms with Crippen LogP contribution in [0.4, 0.5) is 4.39 Å². The minimum absolute atomic E-state index is 0.160. The smallest absolute Gasteiger partial charge is 0.115 e. The van der Waals surface area contributed by atoms with E-state index in [4.69, 9.17) is 5.73 Å². The van der Waals surface area contributed by atoms with Crippen molar-refractivity contribution >= 4 is 0 Å². The standard InChI is InChI=1S/C14H20FN/c15-10-12-4-6-13(7-5-12)14(11-16)8-2-1-3-9-14/h4-7H,1-3,8-11,16H2. The topological polar surface area (TPSA) is 26.0 Å². The molecule has 0 spiro atoms. The van der Waals surface area contributed by atoms with Crippen LogP contribution >= 0.6 is 0 Å². The molecule has 1 saturated carbocycles. The van der Waals surface area contributed by atoms with Crippen molar-refractivity contribution in [2.24, 2.45) is 5.73 Å². The number of hydrogen-bond donors (Lipinski definition) is 1. The van der Waals surface area contributed by atoms with E-state index < -0.39 is 0 Å². The zero-order valence-electron chi connectivity index (χ0n) is 9.71. The molecule has 0 aliphatic heterocycles. The number of halogens is 1. The Hall–Kier alpha value is -0.890. The van der Waals surface area contributed by atoms with Crippen molar-refractivity contribution in [3.63, 3.8) is 0 Å². The van der Waals surface area contributed by atoms with Gasteiger partial charge in [0, 0.05) is 12.0 Å². The van der Waals surface area contributed by atoms with Crippen LogP contribution in [-0.2, 0) is 12.1 Å². The van der Waals surface area contributed by atoms with Gasteiger partial charge in [-0.15, -0.1) is 0 Å². The van der Waals surface area contributed by atoms with Crippen molar-refractivity contribution in [2.75, 3.05) is 6.54 Å². The largest absolute Gasteiger partial charge is 0.330 e. The van der Waals surface area contributed by atoms with Gasteiger partial charge in [-0.2, -0.15) is 0 Å². The van der Waals surface area contributed by atoms with E-state index in [2.05, 4.69) is 12.1 Å². The first-order valence-electron chi connectivity index (χ1n) is 6.16. The van der Waals surface area contributed by atoms with E-state index in [-0.39, 0.29) is 12.1 Å². The van der Waals surface area contributed by atoms with Crippen molar-refractivity contribution in [3.05, 3.63) is 35.4 Å². The number of rotatable bonds is 3. The summed E-state index contributed by atoms with van der Waals surface area (Å²) in [4.78, 5) is 0. The van der Waals surface area contributed by atoms with Gasteiger partial charge in [0.25, 0.3) is 0 Å². The fourth-order valence-corrected chi connectivity index (χ4v) is 2.79. The van der Waals surface area contributed by atoms with Gasteiger partial charge < -0.3 is 5.73 Å². The molecule has 1 aliphatic carbocycles. The maximum absolute atomic E-state index is 12.5. The van der Waals surface area contributed by atoms with Crippen molar-refractivity contribution in [3.8, 4) is 0 Å². The third-order valence-electron chi connectivity index (χ3n) is 3.92. The van der Waals surface area contributed by atoms with Crippen LogP contribution < -0.4 is 5.73 Å². The monoisotopic (exact) mass is 221 g/mol. The van der Waals surface area contributed by atoms with E-state index in [0.717, 1.165) is 5.56 Å². The second-order valence-corrected chi connectivity index (χ2v) is 4.88. The molecule has 1 fully saturated rings. The number of hydrogen-bond acceptors (Lipinski definition) is 1. The van der Waals surface area contributed by atoms with Gasteiger partial charge in [0.2, 0.25) is 0 Å². The summed E-state index contributed by atoms with van der Waals surface area (Å²) < 4.78 is 12.5. The summed E-state index contributed by atoms with van der Waals surface area (Å²) in [6.45, 7) is 0.331. The zero-order chi connectivity index (χ0) is 11.4. The van der Waals surface area contributed by atoms with Crippen LogP contribution in [-0.4, -0.2) is 6.54 Å². The summed E-state index contributed by atoms with van der Waals surface area (Å²) in [6, 6.07) is 7.91. The average molecular weight is 221 g/mol. The Morgan fingerprint density at radius 2 is 1.69 bits per heavy atom. The van der Waals surface area contributed by atoms with Gasteiger partial charge in [-0.3, -0.25) is 0 Å². The maximum Gasteiger partial charge on any atom is 0.115 e. The molecule has 2 N–H and O–H groups in total. The molecule has 0 radical (unpaired) electrons. The Labute approximate surface area is 96.9 Å². The Bertz CT molecular complexity index is 325. The molecule has 1 aromatic carbocycles. The Morgan fingerprint density at radius 1 is 1.06 bits per heavy atom. The second-order valence-electron chi connectivity index (χ2n) is 4.88. The van der Waals surface area contributed by atoms with E-state index in [1.807, 2.05) is 12.1 Å². The van der Waals surface area contributed by atoms with Crippen LogP contribution in [0, 0.1) is 0 Å². The zero-order valence-corrected chi connectivity index (χ0v) is 9.71. The third-order valence-corrected chi connectivity index (χ3v) is 3.92. The molecule has 0 saturated heterocycles. The number of benzene rings is 1. The average Bonchev–Trinajstić information content (AvgIpc) is 2.39. The lowest BCUT2D eigenvalue weighted by Crippen LogP contribution is -2.37.